The molecule has 0 radical (unpaired) electrons. The van der Waals surface area contributed by atoms with E-state index < -0.39 is 0 Å². The molecule has 1 aliphatic rings. The number of aliphatic hydroxyl groups is 1. The Morgan fingerprint density at radius 1 is 0.861 bits per heavy atom. The van der Waals surface area contributed by atoms with Crippen LogP contribution >= 0.6 is 11.6 Å². The number of rotatable bonds is 8. The Morgan fingerprint density at radius 3 is 2.50 bits per heavy atom. The predicted octanol–water partition coefficient (Wildman–Crippen LogP) is 4.19. The lowest BCUT2D eigenvalue weighted by molar-refractivity contribution is 0.189. The van der Waals surface area contributed by atoms with E-state index in [0.29, 0.717) is 23.3 Å². The molecule has 184 valence electrons. The summed E-state index contributed by atoms with van der Waals surface area (Å²) >= 11 is 6.64. The van der Waals surface area contributed by atoms with Gasteiger partial charge >= 0.3 is 0 Å². The van der Waals surface area contributed by atoms with Crippen LogP contribution in [0.25, 0.3) is 11.4 Å². The number of nitrogens with zero attached hydrogens (tertiary/aromatic N) is 6. The van der Waals surface area contributed by atoms with Gasteiger partial charge in [0.15, 0.2) is 0 Å². The van der Waals surface area contributed by atoms with Crippen LogP contribution in [0.15, 0.2) is 73.2 Å². The van der Waals surface area contributed by atoms with Crippen molar-refractivity contribution in [1.29, 1.82) is 0 Å². The molecule has 36 heavy (non-hydrogen) atoms. The normalized spacial score (nSPS) is 14.0. The molecule has 9 nitrogen and oxygen atoms in total. The third-order valence-corrected chi connectivity index (χ3v) is 6.27. The summed E-state index contributed by atoms with van der Waals surface area (Å²) in [4.78, 5) is 22.4. The molecular formula is C26H27ClN8O. The Bertz CT molecular complexity index is 1300. The summed E-state index contributed by atoms with van der Waals surface area (Å²) in [7, 11) is 0. The van der Waals surface area contributed by atoms with Crippen LogP contribution in [-0.2, 0) is 0 Å². The van der Waals surface area contributed by atoms with Gasteiger partial charge in [0.2, 0.25) is 5.95 Å². The maximum atomic E-state index is 9.14. The SMILES string of the molecule is OCCN1CCN(c2ccc(Nc3nccc(Nc4cccnc4-c4ccccn4)n3)cc2Cl)CC1. The lowest BCUT2D eigenvalue weighted by Crippen LogP contribution is -2.47. The molecule has 10 heteroatoms. The molecule has 5 rings (SSSR count). The minimum atomic E-state index is 0.188. The molecule has 0 aliphatic carbocycles. The Hall–Kier alpha value is -3.79. The van der Waals surface area contributed by atoms with Gasteiger partial charge in [-0.05, 0) is 48.5 Å². The van der Waals surface area contributed by atoms with E-state index >= 15 is 0 Å². The van der Waals surface area contributed by atoms with Crippen LogP contribution in [0.1, 0.15) is 0 Å². The number of pyridine rings is 2. The van der Waals surface area contributed by atoms with Gasteiger partial charge in [0.1, 0.15) is 11.5 Å². The van der Waals surface area contributed by atoms with E-state index in [9.17, 15) is 0 Å². The van der Waals surface area contributed by atoms with E-state index in [1.807, 2.05) is 48.5 Å². The van der Waals surface area contributed by atoms with E-state index in [-0.39, 0.29) is 6.61 Å². The Morgan fingerprint density at radius 2 is 1.72 bits per heavy atom. The van der Waals surface area contributed by atoms with Crippen molar-refractivity contribution in [1.82, 2.24) is 24.8 Å². The summed E-state index contributed by atoms with van der Waals surface area (Å²) in [6.45, 7) is 4.46. The van der Waals surface area contributed by atoms with E-state index in [4.69, 9.17) is 16.7 Å². The maximum Gasteiger partial charge on any atom is 0.229 e. The molecular weight excluding hydrogens is 476 g/mol. The van der Waals surface area contributed by atoms with Crippen LogP contribution in [0.2, 0.25) is 5.02 Å². The summed E-state index contributed by atoms with van der Waals surface area (Å²) < 4.78 is 0. The number of piperazine rings is 1. The second kappa shape index (κ2) is 11.3. The van der Waals surface area contributed by atoms with E-state index in [2.05, 4.69) is 40.4 Å². The average molecular weight is 503 g/mol. The van der Waals surface area contributed by atoms with Crippen molar-refractivity contribution in [2.75, 3.05) is 54.9 Å². The van der Waals surface area contributed by atoms with Crippen molar-refractivity contribution in [3.63, 3.8) is 0 Å². The molecule has 0 saturated carbocycles. The fourth-order valence-corrected chi connectivity index (χ4v) is 4.46. The summed E-state index contributed by atoms with van der Waals surface area (Å²) in [5, 5.41) is 16.4. The largest absolute Gasteiger partial charge is 0.395 e. The molecule has 0 bridgehead atoms. The van der Waals surface area contributed by atoms with Crippen LogP contribution in [0, 0.1) is 0 Å². The summed E-state index contributed by atoms with van der Waals surface area (Å²) in [5.41, 5.74) is 4.12. The Balaban J connectivity index is 1.28. The van der Waals surface area contributed by atoms with Crippen LogP contribution < -0.4 is 15.5 Å². The van der Waals surface area contributed by atoms with Gasteiger partial charge in [-0.25, -0.2) is 4.98 Å². The highest BCUT2D eigenvalue weighted by Crippen LogP contribution is 2.31. The first-order valence-corrected chi connectivity index (χ1v) is 12.2. The number of nitrogens with one attached hydrogen (secondary N) is 2. The minimum absolute atomic E-state index is 0.188. The predicted molar refractivity (Wildman–Crippen MR) is 143 cm³/mol. The van der Waals surface area contributed by atoms with Crippen LogP contribution in [-0.4, -0.2) is 69.3 Å². The minimum Gasteiger partial charge on any atom is -0.395 e. The van der Waals surface area contributed by atoms with E-state index in [1.54, 1.807) is 24.7 Å². The van der Waals surface area contributed by atoms with Gasteiger partial charge in [0, 0.05) is 57.0 Å². The van der Waals surface area contributed by atoms with Gasteiger partial charge in [-0.15, -0.1) is 0 Å². The molecule has 0 amide bonds. The number of aliphatic hydroxyl groups excluding tert-OH is 1. The van der Waals surface area contributed by atoms with Crippen molar-refractivity contribution in [3.8, 4) is 11.4 Å². The number of β-amino-alcohol motifs (C(OH)–C–C–N with tert-alkyl or cyclic N) is 1. The standard InChI is InChI=1S/C26H27ClN8O/c27-20-18-19(6-7-23(20)35-14-12-34(13-15-35)16-17-36)31-26-30-11-8-24(33-26)32-22-5-3-10-29-25(22)21-4-1-2-9-28-21/h1-11,18,36H,12-17H2,(H2,30,31,32,33). The highest BCUT2D eigenvalue weighted by atomic mass is 35.5. The molecule has 1 fully saturated rings. The molecule has 0 unspecified atom stereocenters. The molecule has 4 heterocycles. The monoisotopic (exact) mass is 502 g/mol. The number of hydrogen-bond donors (Lipinski definition) is 3. The van der Waals surface area contributed by atoms with Gasteiger partial charge in [0.25, 0.3) is 0 Å². The smallest absolute Gasteiger partial charge is 0.229 e. The molecule has 1 aliphatic heterocycles. The van der Waals surface area contributed by atoms with Gasteiger partial charge in [-0.2, -0.15) is 4.98 Å². The number of benzene rings is 1. The van der Waals surface area contributed by atoms with Crippen molar-refractivity contribution in [2.45, 2.75) is 0 Å². The van der Waals surface area contributed by atoms with Gasteiger partial charge in [-0.3, -0.25) is 14.9 Å². The third kappa shape index (κ3) is 5.71. The zero-order valence-corrected chi connectivity index (χ0v) is 20.4. The molecule has 4 aromatic rings. The Labute approximate surface area is 214 Å². The van der Waals surface area contributed by atoms with E-state index in [0.717, 1.165) is 54.6 Å². The zero-order chi connectivity index (χ0) is 24.7. The summed E-state index contributed by atoms with van der Waals surface area (Å²) in [6.07, 6.45) is 5.18. The fraction of sp³-hybridized carbons (Fsp3) is 0.231. The molecule has 1 saturated heterocycles. The lowest BCUT2D eigenvalue weighted by atomic mass is 10.2. The molecule has 3 aromatic heterocycles. The molecule has 1 aromatic carbocycles. The molecule has 0 spiro atoms. The lowest BCUT2D eigenvalue weighted by Gasteiger charge is -2.36. The summed E-state index contributed by atoms with van der Waals surface area (Å²) in [5.74, 6) is 1.07. The first-order chi connectivity index (χ1) is 17.7. The number of hydrogen-bond acceptors (Lipinski definition) is 9. The number of halogens is 1. The highest BCUT2D eigenvalue weighted by Gasteiger charge is 2.19. The zero-order valence-electron chi connectivity index (χ0n) is 19.7. The average Bonchev–Trinajstić information content (AvgIpc) is 2.91. The Kier molecular flexibility index (Phi) is 7.51. The first-order valence-electron chi connectivity index (χ1n) is 11.8. The maximum absolute atomic E-state index is 9.14. The third-order valence-electron chi connectivity index (χ3n) is 5.97. The first kappa shape index (κ1) is 23.9. The van der Waals surface area contributed by atoms with Crippen molar-refractivity contribution < 1.29 is 5.11 Å². The van der Waals surface area contributed by atoms with Gasteiger partial charge in [-0.1, -0.05) is 17.7 Å². The van der Waals surface area contributed by atoms with Crippen LogP contribution in [0.3, 0.4) is 0 Å². The topological polar surface area (TPSA) is 102 Å². The van der Waals surface area contributed by atoms with Gasteiger partial charge in [0.05, 0.1) is 28.7 Å². The quantitative estimate of drug-likeness (QED) is 0.327. The van der Waals surface area contributed by atoms with Crippen LogP contribution in [0.4, 0.5) is 28.8 Å². The van der Waals surface area contributed by atoms with Crippen molar-refractivity contribution >= 4 is 40.4 Å². The second-order valence-electron chi connectivity index (χ2n) is 8.35. The molecule has 0 atom stereocenters. The van der Waals surface area contributed by atoms with Gasteiger partial charge < -0.3 is 20.6 Å². The number of aromatic nitrogens is 4. The van der Waals surface area contributed by atoms with Crippen LogP contribution in [0.5, 0.6) is 0 Å². The summed E-state index contributed by atoms with van der Waals surface area (Å²) in [6, 6.07) is 17.2. The fourth-order valence-electron chi connectivity index (χ4n) is 4.16. The molecule has 3 N–H and O–H groups in total. The second-order valence-corrected chi connectivity index (χ2v) is 8.76. The van der Waals surface area contributed by atoms with Crippen molar-refractivity contribution in [2.24, 2.45) is 0 Å². The van der Waals surface area contributed by atoms with E-state index in [1.165, 1.54) is 0 Å². The highest BCUT2D eigenvalue weighted by molar-refractivity contribution is 6.33. The van der Waals surface area contributed by atoms with Crippen molar-refractivity contribution in [3.05, 3.63) is 78.2 Å². The number of anilines is 5.